The van der Waals surface area contributed by atoms with Crippen LogP contribution in [0.3, 0.4) is 0 Å². The Kier molecular flexibility index (Phi) is 6.70. The molecule has 9 heteroatoms. The van der Waals surface area contributed by atoms with E-state index >= 15 is 0 Å². The molecule has 0 aromatic carbocycles. The molecule has 1 amide bonds. The Balaban J connectivity index is 1.77. The van der Waals surface area contributed by atoms with Gasteiger partial charge in [0.15, 0.2) is 0 Å². The molecule has 2 heterocycles. The molecule has 7 nitrogen and oxygen atoms in total. The van der Waals surface area contributed by atoms with Crippen molar-refractivity contribution in [2.75, 3.05) is 36.9 Å². The van der Waals surface area contributed by atoms with Crippen molar-refractivity contribution in [1.29, 1.82) is 0 Å². The maximum absolute atomic E-state index is 12.2. The molecular formula is C15H26N4O3S2. The smallest absolute Gasteiger partial charge is 0.222 e. The summed E-state index contributed by atoms with van der Waals surface area (Å²) in [5.41, 5.74) is 1.93. The third kappa shape index (κ3) is 5.22. The second kappa shape index (κ2) is 8.35. The summed E-state index contributed by atoms with van der Waals surface area (Å²) in [5, 5.41) is 7.09. The van der Waals surface area contributed by atoms with Gasteiger partial charge < -0.3 is 5.32 Å². The molecule has 1 fully saturated rings. The van der Waals surface area contributed by atoms with E-state index in [-0.39, 0.29) is 30.7 Å². The predicted molar refractivity (Wildman–Crippen MR) is 96.7 cm³/mol. The molecular weight excluding hydrogens is 348 g/mol. The van der Waals surface area contributed by atoms with Gasteiger partial charge in [-0.15, -0.1) is 0 Å². The molecule has 1 atom stereocenters. The van der Waals surface area contributed by atoms with Crippen molar-refractivity contribution in [3.05, 3.63) is 17.5 Å². The van der Waals surface area contributed by atoms with E-state index in [2.05, 4.69) is 10.4 Å². The lowest BCUT2D eigenvalue weighted by Gasteiger charge is -2.25. The van der Waals surface area contributed by atoms with Crippen LogP contribution in [0.15, 0.2) is 6.07 Å². The molecule has 0 bridgehead atoms. The van der Waals surface area contributed by atoms with Gasteiger partial charge in [-0.3, -0.25) is 9.48 Å². The lowest BCUT2D eigenvalue weighted by Crippen LogP contribution is -2.42. The van der Waals surface area contributed by atoms with Crippen LogP contribution < -0.4 is 5.32 Å². The summed E-state index contributed by atoms with van der Waals surface area (Å²) >= 11 is 1.77. The molecule has 0 spiro atoms. The molecule has 0 radical (unpaired) electrons. The molecule has 1 aliphatic heterocycles. The Morgan fingerprint density at radius 2 is 2.04 bits per heavy atom. The average molecular weight is 375 g/mol. The van der Waals surface area contributed by atoms with Crippen molar-refractivity contribution in [3.63, 3.8) is 0 Å². The van der Waals surface area contributed by atoms with Crippen LogP contribution in [-0.2, 0) is 14.8 Å². The summed E-state index contributed by atoms with van der Waals surface area (Å²) in [4.78, 5) is 12.0. The first-order valence-electron chi connectivity index (χ1n) is 8.14. The van der Waals surface area contributed by atoms with E-state index in [1.165, 1.54) is 4.31 Å². The fourth-order valence-electron chi connectivity index (χ4n) is 2.79. The van der Waals surface area contributed by atoms with Crippen LogP contribution in [0.2, 0.25) is 0 Å². The lowest BCUT2D eigenvalue weighted by molar-refractivity contribution is -0.121. The quantitative estimate of drug-likeness (QED) is 0.768. The first-order valence-corrected chi connectivity index (χ1v) is 10.9. The van der Waals surface area contributed by atoms with E-state index in [9.17, 15) is 13.2 Å². The fraction of sp³-hybridized carbons (Fsp3) is 0.733. The number of hydrogen-bond acceptors (Lipinski definition) is 5. The van der Waals surface area contributed by atoms with Crippen molar-refractivity contribution < 1.29 is 13.2 Å². The number of hydrogen-bond donors (Lipinski definition) is 1. The van der Waals surface area contributed by atoms with Gasteiger partial charge in [-0.05, 0) is 26.8 Å². The summed E-state index contributed by atoms with van der Waals surface area (Å²) in [7, 11) is -3.28. The van der Waals surface area contributed by atoms with Gasteiger partial charge in [0.05, 0.1) is 17.5 Å². The highest BCUT2D eigenvalue weighted by Crippen LogP contribution is 2.15. The van der Waals surface area contributed by atoms with Gasteiger partial charge in [-0.1, -0.05) is 0 Å². The van der Waals surface area contributed by atoms with Crippen LogP contribution in [0.4, 0.5) is 0 Å². The first-order chi connectivity index (χ1) is 11.3. The number of sulfonamides is 1. The predicted octanol–water partition coefficient (Wildman–Crippen LogP) is 0.946. The van der Waals surface area contributed by atoms with E-state index in [1.54, 1.807) is 11.8 Å². The van der Waals surface area contributed by atoms with Crippen LogP contribution in [-0.4, -0.2) is 65.3 Å². The van der Waals surface area contributed by atoms with Gasteiger partial charge in [-0.25, -0.2) is 12.7 Å². The molecule has 0 aliphatic carbocycles. The maximum atomic E-state index is 12.2. The average Bonchev–Trinajstić information content (AvgIpc) is 2.86. The topological polar surface area (TPSA) is 84.3 Å². The molecule has 1 N–H and O–H groups in total. The van der Waals surface area contributed by atoms with Gasteiger partial charge in [-0.2, -0.15) is 16.9 Å². The van der Waals surface area contributed by atoms with Gasteiger partial charge in [0.2, 0.25) is 15.9 Å². The molecule has 2 rings (SSSR count). The largest absolute Gasteiger partial charge is 0.355 e. The van der Waals surface area contributed by atoms with Crippen molar-refractivity contribution in [2.45, 2.75) is 33.2 Å². The Hall–Kier alpha value is -1.06. The van der Waals surface area contributed by atoms with Crippen LogP contribution in [0.25, 0.3) is 0 Å². The molecule has 136 valence electrons. The second-order valence-corrected chi connectivity index (χ2v) is 9.42. The molecule has 0 saturated carbocycles. The maximum Gasteiger partial charge on any atom is 0.222 e. The van der Waals surface area contributed by atoms with E-state index in [0.717, 1.165) is 22.9 Å². The third-order valence-corrected chi connectivity index (χ3v) is 6.80. The molecule has 1 saturated heterocycles. The van der Waals surface area contributed by atoms with Gasteiger partial charge >= 0.3 is 0 Å². The number of amides is 1. The van der Waals surface area contributed by atoms with Crippen LogP contribution in [0.5, 0.6) is 0 Å². The second-order valence-electron chi connectivity index (χ2n) is 6.10. The van der Waals surface area contributed by atoms with Crippen molar-refractivity contribution in [1.82, 2.24) is 19.4 Å². The minimum atomic E-state index is -3.28. The number of thioether (sulfide) groups is 1. The SMILES string of the molecule is Cc1cc(C)n(C(C)CC(=O)NCCS(=O)(=O)N2CCSCC2)n1. The van der Waals surface area contributed by atoms with E-state index in [1.807, 2.05) is 31.5 Å². The highest BCUT2D eigenvalue weighted by Gasteiger charge is 2.24. The van der Waals surface area contributed by atoms with Gasteiger partial charge in [0, 0.05) is 43.3 Å². The summed E-state index contributed by atoms with van der Waals surface area (Å²) in [6.45, 7) is 7.08. The van der Waals surface area contributed by atoms with E-state index in [0.29, 0.717) is 13.1 Å². The highest BCUT2D eigenvalue weighted by atomic mass is 32.2. The van der Waals surface area contributed by atoms with Gasteiger partial charge in [0.25, 0.3) is 0 Å². The summed E-state index contributed by atoms with van der Waals surface area (Å²) in [5.74, 6) is 1.48. The van der Waals surface area contributed by atoms with E-state index in [4.69, 9.17) is 0 Å². The fourth-order valence-corrected chi connectivity index (χ4v) is 5.28. The number of carbonyl (C=O) groups is 1. The molecule has 1 aliphatic rings. The highest BCUT2D eigenvalue weighted by molar-refractivity contribution is 7.99. The zero-order chi connectivity index (χ0) is 17.7. The lowest BCUT2D eigenvalue weighted by atomic mass is 10.2. The van der Waals surface area contributed by atoms with E-state index < -0.39 is 10.0 Å². The Morgan fingerprint density at radius 3 is 2.62 bits per heavy atom. The number of aromatic nitrogens is 2. The van der Waals surface area contributed by atoms with Crippen LogP contribution in [0.1, 0.15) is 30.8 Å². The number of aryl methyl sites for hydroxylation is 2. The van der Waals surface area contributed by atoms with Gasteiger partial charge in [0.1, 0.15) is 0 Å². The summed E-state index contributed by atoms with van der Waals surface area (Å²) < 4.78 is 27.8. The number of carbonyl (C=O) groups excluding carboxylic acids is 1. The normalized spacial score (nSPS) is 17.6. The van der Waals surface area contributed by atoms with Crippen LogP contribution >= 0.6 is 11.8 Å². The first kappa shape index (κ1) is 19.3. The number of nitrogens with zero attached hydrogens (tertiary/aromatic N) is 3. The number of rotatable bonds is 7. The third-order valence-electron chi connectivity index (χ3n) is 3.99. The minimum absolute atomic E-state index is 0.0440. The molecule has 1 aromatic rings. The molecule has 1 unspecified atom stereocenters. The monoisotopic (exact) mass is 374 g/mol. The zero-order valence-electron chi connectivity index (χ0n) is 14.5. The molecule has 24 heavy (non-hydrogen) atoms. The summed E-state index contributed by atoms with van der Waals surface area (Å²) in [6.07, 6.45) is 0.280. The van der Waals surface area contributed by atoms with Crippen LogP contribution in [0, 0.1) is 13.8 Å². The van der Waals surface area contributed by atoms with Crippen molar-refractivity contribution in [3.8, 4) is 0 Å². The Labute approximate surface area is 148 Å². The Morgan fingerprint density at radius 1 is 1.38 bits per heavy atom. The zero-order valence-corrected chi connectivity index (χ0v) is 16.1. The van der Waals surface area contributed by atoms with Crippen molar-refractivity contribution >= 4 is 27.7 Å². The van der Waals surface area contributed by atoms with Crippen molar-refractivity contribution in [2.24, 2.45) is 0 Å². The minimum Gasteiger partial charge on any atom is -0.355 e. The number of nitrogens with one attached hydrogen (secondary N) is 1. The molecule has 1 aromatic heterocycles. The standard InChI is InChI=1S/C15H26N4O3S2/c1-12-10-13(2)19(17-12)14(3)11-15(20)16-4-9-24(21,22)18-5-7-23-8-6-18/h10,14H,4-9,11H2,1-3H3,(H,16,20). The Bertz CT molecular complexity index is 666. The summed E-state index contributed by atoms with van der Waals surface area (Å²) in [6, 6.07) is 1.91.